The monoisotopic (exact) mass is 412 g/mol. The predicted octanol–water partition coefficient (Wildman–Crippen LogP) is 3.76. The van der Waals surface area contributed by atoms with E-state index in [2.05, 4.69) is 57.7 Å². The van der Waals surface area contributed by atoms with Gasteiger partial charge in [0.05, 0.1) is 5.25 Å². The first-order valence-electron chi connectivity index (χ1n) is 8.44. The molecule has 1 aromatic heterocycles. The van der Waals surface area contributed by atoms with Crippen LogP contribution in [-0.2, 0) is 22.9 Å². The zero-order valence-corrected chi connectivity index (χ0v) is 16.6. The summed E-state index contributed by atoms with van der Waals surface area (Å²) in [7, 11) is -3.09. The van der Waals surface area contributed by atoms with Crippen LogP contribution < -0.4 is 4.72 Å². The van der Waals surface area contributed by atoms with Crippen LogP contribution in [0.25, 0.3) is 10.9 Å². The maximum Gasteiger partial charge on any atom is 0.214 e. The topological polar surface area (TPSA) is 62.0 Å². The van der Waals surface area contributed by atoms with E-state index >= 15 is 0 Å². The van der Waals surface area contributed by atoms with Gasteiger partial charge in [-0.1, -0.05) is 41.9 Å². The minimum absolute atomic E-state index is 0.152. The summed E-state index contributed by atoms with van der Waals surface area (Å²) in [6, 6.07) is 6.53. The zero-order chi connectivity index (χ0) is 17.4. The zero-order valence-electron chi connectivity index (χ0n) is 14.2. The number of halogens is 1. The van der Waals surface area contributed by atoms with Crippen molar-refractivity contribution >= 4 is 36.9 Å². The van der Waals surface area contributed by atoms with Crippen LogP contribution in [0.15, 0.2) is 24.4 Å². The Morgan fingerprint density at radius 1 is 1.33 bits per heavy atom. The van der Waals surface area contributed by atoms with Crippen molar-refractivity contribution in [2.75, 3.05) is 11.9 Å². The van der Waals surface area contributed by atoms with Gasteiger partial charge in [-0.15, -0.1) is 0 Å². The molecule has 0 unspecified atom stereocenters. The van der Waals surface area contributed by atoms with Crippen molar-refractivity contribution in [2.45, 2.75) is 44.8 Å². The molecule has 0 spiro atoms. The Kier molecular flexibility index (Phi) is 5.09. The molecule has 24 heavy (non-hydrogen) atoms. The van der Waals surface area contributed by atoms with Crippen molar-refractivity contribution in [1.82, 2.24) is 9.71 Å². The van der Waals surface area contributed by atoms with Gasteiger partial charge in [0, 0.05) is 29.0 Å². The number of benzene rings is 1. The van der Waals surface area contributed by atoms with Crippen molar-refractivity contribution in [2.24, 2.45) is 5.41 Å². The summed E-state index contributed by atoms with van der Waals surface area (Å²) in [4.78, 5) is 3.33. The molecule has 0 amide bonds. The van der Waals surface area contributed by atoms with E-state index < -0.39 is 10.0 Å². The standard InChI is InChI=1S/C18H25BrN2O2S/c1-18(2,12-19)10-13-3-6-16-14(11-20-17(16)9-13)7-8-21-24(22,23)15-4-5-15/h3,6,9,11,15,20-21H,4-5,7-8,10,12H2,1-2H3. The molecule has 1 saturated carbocycles. The fourth-order valence-electron chi connectivity index (χ4n) is 2.97. The molecule has 0 atom stereocenters. The average Bonchev–Trinajstić information content (AvgIpc) is 3.31. The third kappa shape index (κ3) is 4.21. The molecule has 0 aliphatic heterocycles. The molecule has 6 heteroatoms. The Morgan fingerprint density at radius 2 is 2.08 bits per heavy atom. The molecular weight excluding hydrogens is 388 g/mol. The molecule has 2 N–H and O–H groups in total. The Hall–Kier alpha value is -0.850. The molecule has 132 valence electrons. The van der Waals surface area contributed by atoms with Crippen LogP contribution in [0.4, 0.5) is 0 Å². The van der Waals surface area contributed by atoms with E-state index in [1.807, 2.05) is 6.20 Å². The fourth-order valence-corrected chi connectivity index (χ4v) is 4.55. The van der Waals surface area contributed by atoms with Crippen LogP contribution in [0.5, 0.6) is 0 Å². The predicted molar refractivity (Wildman–Crippen MR) is 103 cm³/mol. The maximum absolute atomic E-state index is 11.9. The quantitative estimate of drug-likeness (QED) is 0.648. The lowest BCUT2D eigenvalue weighted by Gasteiger charge is -2.21. The molecule has 2 aromatic rings. The van der Waals surface area contributed by atoms with Crippen LogP contribution in [-0.4, -0.2) is 30.5 Å². The lowest BCUT2D eigenvalue weighted by atomic mass is 9.88. The van der Waals surface area contributed by atoms with Crippen LogP contribution in [0.2, 0.25) is 0 Å². The van der Waals surface area contributed by atoms with Gasteiger partial charge in [-0.3, -0.25) is 0 Å². The van der Waals surface area contributed by atoms with Crippen LogP contribution >= 0.6 is 15.9 Å². The number of aromatic amines is 1. The summed E-state index contributed by atoms with van der Waals surface area (Å²) in [5, 5.41) is 2.00. The largest absolute Gasteiger partial charge is 0.361 e. The van der Waals surface area contributed by atoms with Crippen molar-refractivity contribution < 1.29 is 8.42 Å². The summed E-state index contributed by atoms with van der Waals surface area (Å²) in [5.74, 6) is 0. The number of sulfonamides is 1. The third-order valence-corrected chi connectivity index (χ3v) is 8.01. The summed E-state index contributed by atoms with van der Waals surface area (Å²) >= 11 is 3.58. The van der Waals surface area contributed by atoms with Gasteiger partial charge in [-0.05, 0) is 48.3 Å². The van der Waals surface area contributed by atoms with Crippen molar-refractivity contribution in [3.8, 4) is 0 Å². The fraction of sp³-hybridized carbons (Fsp3) is 0.556. The maximum atomic E-state index is 11.9. The van der Waals surface area contributed by atoms with E-state index in [0.29, 0.717) is 13.0 Å². The average molecular weight is 413 g/mol. The summed E-state index contributed by atoms with van der Waals surface area (Å²) in [6.07, 6.45) is 5.32. The Morgan fingerprint density at radius 3 is 2.75 bits per heavy atom. The number of alkyl halides is 1. The normalized spacial score (nSPS) is 16.0. The number of hydrogen-bond donors (Lipinski definition) is 2. The van der Waals surface area contributed by atoms with E-state index in [9.17, 15) is 8.42 Å². The Bertz CT molecular complexity index is 823. The summed E-state index contributed by atoms with van der Waals surface area (Å²) in [6.45, 7) is 4.96. The molecule has 0 saturated heterocycles. The molecule has 0 radical (unpaired) electrons. The molecule has 0 bridgehead atoms. The van der Waals surface area contributed by atoms with Crippen molar-refractivity contribution in [3.05, 3.63) is 35.5 Å². The molecule has 1 aromatic carbocycles. The van der Waals surface area contributed by atoms with E-state index in [1.165, 1.54) is 10.9 Å². The van der Waals surface area contributed by atoms with Gasteiger partial charge < -0.3 is 4.98 Å². The van der Waals surface area contributed by atoms with Crippen LogP contribution in [0.3, 0.4) is 0 Å². The second kappa shape index (κ2) is 6.81. The van der Waals surface area contributed by atoms with Crippen LogP contribution in [0, 0.1) is 5.41 Å². The number of H-pyrrole nitrogens is 1. The number of fused-ring (bicyclic) bond motifs is 1. The number of hydrogen-bond acceptors (Lipinski definition) is 2. The number of nitrogens with one attached hydrogen (secondary N) is 2. The second-order valence-electron chi connectivity index (χ2n) is 7.56. The summed E-state index contributed by atoms with van der Waals surface area (Å²) in [5.41, 5.74) is 3.83. The van der Waals surface area contributed by atoms with Gasteiger partial charge in [0.25, 0.3) is 0 Å². The minimum atomic E-state index is -3.09. The first-order valence-corrected chi connectivity index (χ1v) is 11.1. The van der Waals surface area contributed by atoms with Gasteiger partial charge in [-0.2, -0.15) is 0 Å². The first kappa shape index (κ1) is 18.0. The Balaban J connectivity index is 1.67. The van der Waals surface area contributed by atoms with E-state index in [-0.39, 0.29) is 10.7 Å². The SMILES string of the molecule is CC(C)(CBr)Cc1ccc2c(CCNS(=O)(=O)C3CC3)c[nH]c2c1. The minimum Gasteiger partial charge on any atom is -0.361 e. The highest BCUT2D eigenvalue weighted by Crippen LogP contribution is 2.28. The molecule has 1 fully saturated rings. The van der Waals surface area contributed by atoms with E-state index in [0.717, 1.165) is 35.7 Å². The highest BCUT2D eigenvalue weighted by atomic mass is 79.9. The summed E-state index contributed by atoms with van der Waals surface area (Å²) < 4.78 is 26.5. The first-order chi connectivity index (χ1) is 11.3. The third-order valence-electron chi connectivity index (χ3n) is 4.54. The van der Waals surface area contributed by atoms with Crippen LogP contribution in [0.1, 0.15) is 37.8 Å². The number of rotatable bonds is 8. The van der Waals surface area contributed by atoms with Gasteiger partial charge in [0.2, 0.25) is 10.0 Å². The molecule has 1 aliphatic rings. The Labute approximate surface area is 152 Å². The second-order valence-corrected chi connectivity index (χ2v) is 10.2. The van der Waals surface area contributed by atoms with E-state index in [4.69, 9.17) is 0 Å². The number of aromatic nitrogens is 1. The molecule has 3 rings (SSSR count). The van der Waals surface area contributed by atoms with Crippen molar-refractivity contribution in [3.63, 3.8) is 0 Å². The lowest BCUT2D eigenvalue weighted by molar-refractivity contribution is 0.425. The van der Waals surface area contributed by atoms with Gasteiger partial charge >= 0.3 is 0 Å². The van der Waals surface area contributed by atoms with E-state index in [1.54, 1.807) is 0 Å². The molecule has 1 heterocycles. The molecule has 1 aliphatic carbocycles. The lowest BCUT2D eigenvalue weighted by Crippen LogP contribution is -2.29. The molecular formula is C18H25BrN2O2S. The highest BCUT2D eigenvalue weighted by Gasteiger charge is 2.35. The van der Waals surface area contributed by atoms with Gasteiger partial charge in [0.1, 0.15) is 0 Å². The van der Waals surface area contributed by atoms with Gasteiger partial charge in [0.15, 0.2) is 0 Å². The smallest absolute Gasteiger partial charge is 0.214 e. The molecule has 4 nitrogen and oxygen atoms in total. The van der Waals surface area contributed by atoms with Crippen molar-refractivity contribution in [1.29, 1.82) is 0 Å². The van der Waals surface area contributed by atoms with Gasteiger partial charge in [-0.25, -0.2) is 13.1 Å². The highest BCUT2D eigenvalue weighted by molar-refractivity contribution is 9.09.